The summed E-state index contributed by atoms with van der Waals surface area (Å²) < 4.78 is 37.5. The van der Waals surface area contributed by atoms with Gasteiger partial charge >= 0.3 is 6.18 Å². The van der Waals surface area contributed by atoms with Crippen molar-refractivity contribution in [2.45, 2.75) is 26.1 Å². The number of nitrogens with one attached hydrogen (secondary N) is 2. The molecule has 2 aromatic rings. The van der Waals surface area contributed by atoms with Crippen LogP contribution in [0, 0.1) is 6.92 Å². The van der Waals surface area contributed by atoms with Crippen LogP contribution in [0.4, 0.5) is 24.5 Å². The Labute approximate surface area is 132 Å². The topological polar surface area (TPSA) is 41.1 Å². The molecule has 0 aliphatic carbocycles. The summed E-state index contributed by atoms with van der Waals surface area (Å²) in [5.74, 6) is -0.328. The number of carbonyl (C=O) groups excluding carboxylic acids is 1. The Morgan fingerprint density at radius 3 is 2.00 bits per heavy atom. The zero-order chi connectivity index (χ0) is 17.0. The average Bonchev–Trinajstić information content (AvgIpc) is 2.49. The van der Waals surface area contributed by atoms with E-state index in [4.69, 9.17) is 0 Å². The fourth-order valence-corrected chi connectivity index (χ4v) is 1.96. The molecule has 0 bridgehead atoms. The highest BCUT2D eigenvalue weighted by atomic mass is 19.4. The SMILES string of the molecule is Cc1ccc(N[C@@H](C)C(=O)Nc2ccc(C(F)(F)F)cc2)cc1. The molecule has 2 N–H and O–H groups in total. The van der Waals surface area contributed by atoms with Crippen LogP contribution >= 0.6 is 0 Å². The number of hydrogen-bond donors (Lipinski definition) is 2. The molecule has 0 unspecified atom stereocenters. The Morgan fingerprint density at radius 1 is 0.957 bits per heavy atom. The molecule has 0 radical (unpaired) electrons. The molecule has 23 heavy (non-hydrogen) atoms. The predicted octanol–water partition coefficient (Wildman–Crippen LogP) is 4.45. The van der Waals surface area contributed by atoms with Crippen LogP contribution in [0.15, 0.2) is 48.5 Å². The molecule has 0 aliphatic heterocycles. The van der Waals surface area contributed by atoms with Crippen LogP contribution in [-0.2, 0) is 11.0 Å². The van der Waals surface area contributed by atoms with Gasteiger partial charge in [0.05, 0.1) is 5.56 Å². The summed E-state index contributed by atoms with van der Waals surface area (Å²) in [5.41, 5.74) is 1.48. The molecule has 0 saturated carbocycles. The van der Waals surface area contributed by atoms with Gasteiger partial charge in [-0.25, -0.2) is 0 Å². The van der Waals surface area contributed by atoms with E-state index in [1.165, 1.54) is 12.1 Å². The number of rotatable bonds is 4. The third-order valence-corrected chi connectivity index (χ3v) is 3.31. The van der Waals surface area contributed by atoms with E-state index < -0.39 is 17.8 Å². The lowest BCUT2D eigenvalue weighted by Gasteiger charge is -2.16. The van der Waals surface area contributed by atoms with Crippen LogP contribution in [0.25, 0.3) is 0 Å². The van der Waals surface area contributed by atoms with Gasteiger partial charge < -0.3 is 10.6 Å². The maximum Gasteiger partial charge on any atom is 0.416 e. The van der Waals surface area contributed by atoms with Crippen molar-refractivity contribution in [3.63, 3.8) is 0 Å². The lowest BCUT2D eigenvalue weighted by molar-refractivity contribution is -0.137. The third-order valence-electron chi connectivity index (χ3n) is 3.31. The van der Waals surface area contributed by atoms with Gasteiger partial charge in [-0.1, -0.05) is 17.7 Å². The highest BCUT2D eigenvalue weighted by molar-refractivity contribution is 5.96. The number of amides is 1. The first-order valence-corrected chi connectivity index (χ1v) is 7.07. The third kappa shape index (κ3) is 4.74. The molecule has 0 heterocycles. The summed E-state index contributed by atoms with van der Waals surface area (Å²) in [6.45, 7) is 3.64. The Morgan fingerprint density at radius 2 is 1.48 bits per heavy atom. The fourth-order valence-electron chi connectivity index (χ4n) is 1.96. The van der Waals surface area contributed by atoms with Crippen molar-refractivity contribution in [3.05, 3.63) is 59.7 Å². The minimum Gasteiger partial charge on any atom is -0.374 e. The van der Waals surface area contributed by atoms with Gasteiger partial charge in [-0.3, -0.25) is 4.79 Å². The summed E-state index contributed by atoms with van der Waals surface area (Å²) >= 11 is 0. The van der Waals surface area contributed by atoms with Crippen LogP contribution in [0.3, 0.4) is 0 Å². The van der Waals surface area contributed by atoms with Gasteiger partial charge in [0.25, 0.3) is 0 Å². The number of aryl methyl sites for hydroxylation is 1. The van der Waals surface area contributed by atoms with Crippen molar-refractivity contribution in [2.75, 3.05) is 10.6 Å². The Balaban J connectivity index is 1.96. The second-order valence-corrected chi connectivity index (χ2v) is 5.30. The molecule has 0 aliphatic rings. The van der Waals surface area contributed by atoms with Gasteiger partial charge in [0.1, 0.15) is 6.04 Å². The molecule has 6 heteroatoms. The van der Waals surface area contributed by atoms with Gasteiger partial charge in [-0.15, -0.1) is 0 Å². The minimum atomic E-state index is -4.39. The molecule has 1 atom stereocenters. The second-order valence-electron chi connectivity index (χ2n) is 5.30. The average molecular weight is 322 g/mol. The van der Waals surface area contributed by atoms with E-state index in [9.17, 15) is 18.0 Å². The maximum atomic E-state index is 12.5. The van der Waals surface area contributed by atoms with E-state index in [0.29, 0.717) is 5.69 Å². The molecule has 2 rings (SSSR count). The summed E-state index contributed by atoms with van der Waals surface area (Å²) in [5, 5.41) is 5.62. The van der Waals surface area contributed by atoms with Crippen molar-refractivity contribution in [1.29, 1.82) is 0 Å². The number of anilines is 2. The lowest BCUT2D eigenvalue weighted by atomic mass is 10.2. The van der Waals surface area contributed by atoms with Gasteiger partial charge in [-0.05, 0) is 50.2 Å². The Bertz CT molecular complexity index is 664. The number of alkyl halides is 3. The summed E-state index contributed by atoms with van der Waals surface area (Å²) in [4.78, 5) is 12.1. The van der Waals surface area contributed by atoms with Crippen LogP contribution in [0.1, 0.15) is 18.1 Å². The first-order chi connectivity index (χ1) is 10.8. The molecule has 0 fully saturated rings. The molecular weight excluding hydrogens is 305 g/mol. The van der Waals surface area contributed by atoms with E-state index >= 15 is 0 Å². The molecule has 122 valence electrons. The number of carbonyl (C=O) groups is 1. The number of halogens is 3. The van der Waals surface area contributed by atoms with Gasteiger partial charge in [0, 0.05) is 11.4 Å². The van der Waals surface area contributed by atoms with Gasteiger partial charge in [0.2, 0.25) is 5.91 Å². The normalized spacial score (nSPS) is 12.6. The Hall–Kier alpha value is -2.50. The fraction of sp³-hybridized carbons (Fsp3) is 0.235. The van der Waals surface area contributed by atoms with Crippen molar-refractivity contribution >= 4 is 17.3 Å². The number of hydrogen-bond acceptors (Lipinski definition) is 2. The molecule has 1 amide bonds. The molecule has 3 nitrogen and oxygen atoms in total. The smallest absolute Gasteiger partial charge is 0.374 e. The molecule has 2 aromatic carbocycles. The number of benzene rings is 2. The summed E-state index contributed by atoms with van der Waals surface area (Å²) in [6, 6.07) is 11.4. The molecule has 0 aromatic heterocycles. The maximum absolute atomic E-state index is 12.5. The molecule has 0 saturated heterocycles. The standard InChI is InChI=1S/C17H17F3N2O/c1-11-3-7-14(8-4-11)21-12(2)16(23)22-15-9-5-13(6-10-15)17(18,19)20/h3-10,12,21H,1-2H3,(H,22,23)/t12-/m0/s1. The molecule has 0 spiro atoms. The van der Waals surface area contributed by atoms with Crippen LogP contribution < -0.4 is 10.6 Å². The first kappa shape index (κ1) is 16.9. The largest absolute Gasteiger partial charge is 0.416 e. The molecular formula is C17H17F3N2O. The predicted molar refractivity (Wildman–Crippen MR) is 84.3 cm³/mol. The quantitative estimate of drug-likeness (QED) is 0.873. The van der Waals surface area contributed by atoms with Crippen molar-refractivity contribution < 1.29 is 18.0 Å². The van der Waals surface area contributed by atoms with Crippen molar-refractivity contribution in [3.8, 4) is 0 Å². The van der Waals surface area contributed by atoms with E-state index in [0.717, 1.165) is 23.4 Å². The van der Waals surface area contributed by atoms with E-state index in [1.807, 2.05) is 31.2 Å². The van der Waals surface area contributed by atoms with E-state index in [1.54, 1.807) is 6.92 Å². The zero-order valence-electron chi connectivity index (χ0n) is 12.7. The second kappa shape index (κ2) is 6.73. The van der Waals surface area contributed by atoms with Gasteiger partial charge in [0.15, 0.2) is 0 Å². The first-order valence-electron chi connectivity index (χ1n) is 7.07. The Kier molecular flexibility index (Phi) is 4.93. The van der Waals surface area contributed by atoms with Gasteiger partial charge in [-0.2, -0.15) is 13.2 Å². The van der Waals surface area contributed by atoms with Crippen molar-refractivity contribution in [2.24, 2.45) is 0 Å². The van der Waals surface area contributed by atoms with E-state index in [2.05, 4.69) is 10.6 Å². The monoisotopic (exact) mass is 322 g/mol. The van der Waals surface area contributed by atoms with Crippen LogP contribution in [0.2, 0.25) is 0 Å². The van der Waals surface area contributed by atoms with Crippen molar-refractivity contribution in [1.82, 2.24) is 0 Å². The van der Waals surface area contributed by atoms with Crippen LogP contribution in [-0.4, -0.2) is 11.9 Å². The lowest BCUT2D eigenvalue weighted by Crippen LogP contribution is -2.31. The van der Waals surface area contributed by atoms with Crippen LogP contribution in [0.5, 0.6) is 0 Å². The zero-order valence-corrected chi connectivity index (χ0v) is 12.7. The highest BCUT2D eigenvalue weighted by Gasteiger charge is 2.30. The summed E-state index contributed by atoms with van der Waals surface area (Å²) in [7, 11) is 0. The van der Waals surface area contributed by atoms with E-state index in [-0.39, 0.29) is 5.91 Å². The minimum absolute atomic E-state index is 0.320. The highest BCUT2D eigenvalue weighted by Crippen LogP contribution is 2.29. The summed E-state index contributed by atoms with van der Waals surface area (Å²) in [6.07, 6.45) is -4.39.